The topological polar surface area (TPSA) is 77.5 Å². The quantitative estimate of drug-likeness (QED) is 0.775. The van der Waals surface area contributed by atoms with Crippen LogP contribution in [0.4, 0.5) is 9.59 Å². The Morgan fingerprint density at radius 1 is 0.654 bits per heavy atom. The molecule has 0 aliphatic rings. The average molecular weight is 360 g/mol. The van der Waals surface area contributed by atoms with Crippen LogP contribution < -0.4 is 9.47 Å². The van der Waals surface area contributed by atoms with Crippen LogP contribution in [0.3, 0.4) is 0 Å². The summed E-state index contributed by atoms with van der Waals surface area (Å²) in [6.45, 7) is 3.81. The maximum Gasteiger partial charge on any atom is 0.461 e. The molecule has 0 saturated carbocycles. The zero-order valence-corrected chi connectivity index (χ0v) is 15.0. The van der Waals surface area contributed by atoms with Crippen molar-refractivity contribution < 1.29 is 28.7 Å². The number of nitrogens with zero attached hydrogens (tertiary/aromatic N) is 2. The minimum absolute atomic E-state index is 0.283. The summed E-state index contributed by atoms with van der Waals surface area (Å²) in [5, 5.41) is 0.993. The Balaban J connectivity index is 2.08. The molecule has 0 saturated heterocycles. The van der Waals surface area contributed by atoms with Crippen molar-refractivity contribution in [2.45, 2.75) is 13.8 Å². The molecule has 2 amide bonds. The van der Waals surface area contributed by atoms with Crippen molar-refractivity contribution >= 4 is 12.2 Å². The van der Waals surface area contributed by atoms with Crippen molar-refractivity contribution in [1.29, 1.82) is 0 Å². The first-order valence-electron chi connectivity index (χ1n) is 7.70. The molecule has 2 rings (SSSR count). The highest BCUT2D eigenvalue weighted by atomic mass is 16.9. The molecule has 8 nitrogen and oxygen atoms in total. The zero-order chi connectivity index (χ0) is 19.1. The second-order valence-corrected chi connectivity index (χ2v) is 5.27. The average Bonchev–Trinajstić information content (AvgIpc) is 2.63. The lowest BCUT2D eigenvalue weighted by molar-refractivity contribution is -0.333. The Morgan fingerprint density at radius 2 is 0.962 bits per heavy atom. The van der Waals surface area contributed by atoms with E-state index in [2.05, 4.69) is 0 Å². The van der Waals surface area contributed by atoms with Crippen LogP contribution in [0.25, 0.3) is 0 Å². The smallest absolute Gasteiger partial charge is 0.407 e. The molecule has 0 N–H and O–H groups in total. The van der Waals surface area contributed by atoms with Gasteiger partial charge in [-0.2, -0.15) is 0 Å². The first kappa shape index (κ1) is 19.2. The summed E-state index contributed by atoms with van der Waals surface area (Å²) >= 11 is 0. The molecule has 0 radical (unpaired) electrons. The van der Waals surface area contributed by atoms with Crippen molar-refractivity contribution in [3.05, 3.63) is 59.7 Å². The SMILES string of the molecule is CON(C(=O)Oc1ccc(C)cc1)N(OC)C(=O)Oc1ccc(C)cc1. The zero-order valence-electron chi connectivity index (χ0n) is 15.0. The highest BCUT2D eigenvalue weighted by Gasteiger charge is 2.31. The van der Waals surface area contributed by atoms with Gasteiger partial charge in [-0.25, -0.2) is 19.3 Å². The van der Waals surface area contributed by atoms with Crippen LogP contribution in [0.5, 0.6) is 11.5 Å². The minimum atomic E-state index is -0.987. The van der Waals surface area contributed by atoms with Crippen molar-refractivity contribution in [2.24, 2.45) is 0 Å². The highest BCUT2D eigenvalue weighted by molar-refractivity contribution is 5.75. The van der Waals surface area contributed by atoms with Crippen LogP contribution in [-0.2, 0) is 9.68 Å². The van der Waals surface area contributed by atoms with Crippen LogP contribution in [0, 0.1) is 13.8 Å². The van der Waals surface area contributed by atoms with Gasteiger partial charge in [-0.15, -0.1) is 0 Å². The fourth-order valence-corrected chi connectivity index (χ4v) is 1.94. The van der Waals surface area contributed by atoms with Gasteiger partial charge in [0.15, 0.2) is 0 Å². The third-order valence-electron chi connectivity index (χ3n) is 3.28. The lowest BCUT2D eigenvalue weighted by atomic mass is 10.2. The third kappa shape index (κ3) is 4.95. The van der Waals surface area contributed by atoms with E-state index < -0.39 is 12.2 Å². The second-order valence-electron chi connectivity index (χ2n) is 5.27. The molecule has 2 aromatic rings. The Labute approximate surface area is 151 Å². The summed E-state index contributed by atoms with van der Waals surface area (Å²) in [6.07, 6.45) is -1.97. The summed E-state index contributed by atoms with van der Waals surface area (Å²) in [5.41, 5.74) is 2.02. The molecule has 0 heterocycles. The van der Waals surface area contributed by atoms with Gasteiger partial charge >= 0.3 is 12.2 Å². The van der Waals surface area contributed by atoms with Crippen LogP contribution in [-0.4, -0.2) is 36.8 Å². The monoisotopic (exact) mass is 360 g/mol. The van der Waals surface area contributed by atoms with E-state index in [9.17, 15) is 9.59 Å². The number of rotatable bonds is 4. The van der Waals surface area contributed by atoms with Gasteiger partial charge < -0.3 is 9.47 Å². The van der Waals surface area contributed by atoms with Gasteiger partial charge in [-0.1, -0.05) is 45.7 Å². The molecule has 0 aliphatic carbocycles. The largest absolute Gasteiger partial charge is 0.461 e. The number of ether oxygens (including phenoxy) is 2. The minimum Gasteiger partial charge on any atom is -0.407 e. The molecule has 2 aromatic carbocycles. The van der Waals surface area contributed by atoms with Crippen LogP contribution >= 0.6 is 0 Å². The molecule has 0 aliphatic heterocycles. The van der Waals surface area contributed by atoms with Crippen molar-refractivity contribution in [3.8, 4) is 11.5 Å². The third-order valence-corrected chi connectivity index (χ3v) is 3.28. The summed E-state index contributed by atoms with van der Waals surface area (Å²) in [5.74, 6) is 0.566. The van der Waals surface area contributed by atoms with E-state index in [4.69, 9.17) is 19.1 Å². The van der Waals surface area contributed by atoms with E-state index in [1.54, 1.807) is 48.5 Å². The summed E-state index contributed by atoms with van der Waals surface area (Å²) in [6, 6.07) is 13.6. The molecule has 0 bridgehead atoms. The number of carbonyl (C=O) groups excluding carboxylic acids is 2. The molecule has 0 aromatic heterocycles. The fraction of sp³-hybridized carbons (Fsp3) is 0.222. The van der Waals surface area contributed by atoms with Gasteiger partial charge in [0.25, 0.3) is 0 Å². The Hall–Kier alpha value is -3.10. The Kier molecular flexibility index (Phi) is 6.54. The molecule has 0 atom stereocenters. The van der Waals surface area contributed by atoms with Gasteiger partial charge in [0, 0.05) is 0 Å². The van der Waals surface area contributed by atoms with E-state index in [0.29, 0.717) is 10.3 Å². The number of amides is 2. The summed E-state index contributed by atoms with van der Waals surface area (Å²) in [7, 11) is 2.36. The molecule has 138 valence electrons. The van der Waals surface area contributed by atoms with Crippen molar-refractivity contribution in [2.75, 3.05) is 14.2 Å². The van der Waals surface area contributed by atoms with Crippen LogP contribution in [0.15, 0.2) is 48.5 Å². The Bertz CT molecular complexity index is 680. The number of hydroxylamine groups is 2. The summed E-state index contributed by atoms with van der Waals surface area (Å²) < 4.78 is 10.3. The van der Waals surface area contributed by atoms with E-state index >= 15 is 0 Å². The molecule has 8 heteroatoms. The molecule has 0 unspecified atom stereocenters. The second kappa shape index (κ2) is 8.84. The normalized spacial score (nSPS) is 10.2. The van der Waals surface area contributed by atoms with E-state index in [0.717, 1.165) is 11.1 Å². The number of carbonyl (C=O) groups is 2. The molecular formula is C18H20N2O6. The maximum absolute atomic E-state index is 12.3. The van der Waals surface area contributed by atoms with Crippen LogP contribution in [0.1, 0.15) is 11.1 Å². The van der Waals surface area contributed by atoms with Gasteiger partial charge in [-0.3, -0.25) is 0 Å². The molecular weight excluding hydrogens is 340 g/mol. The van der Waals surface area contributed by atoms with Gasteiger partial charge in [-0.05, 0) is 38.1 Å². The highest BCUT2D eigenvalue weighted by Crippen LogP contribution is 2.16. The first-order chi connectivity index (χ1) is 12.4. The van der Waals surface area contributed by atoms with E-state index in [1.165, 1.54) is 14.2 Å². The van der Waals surface area contributed by atoms with Gasteiger partial charge in [0.05, 0.1) is 14.2 Å². The fourth-order valence-electron chi connectivity index (χ4n) is 1.94. The first-order valence-corrected chi connectivity index (χ1v) is 7.70. The van der Waals surface area contributed by atoms with E-state index in [-0.39, 0.29) is 11.5 Å². The number of hydrogen-bond acceptors (Lipinski definition) is 6. The predicted octanol–water partition coefficient (Wildman–Crippen LogP) is 3.64. The molecule has 0 fully saturated rings. The maximum atomic E-state index is 12.3. The number of benzene rings is 2. The standard InChI is InChI=1S/C18H20N2O6/c1-13-5-9-15(10-6-13)25-17(21)19(23-3)20(24-4)18(22)26-16-11-7-14(2)8-12-16/h5-12H,1-4H3. The van der Waals surface area contributed by atoms with Crippen molar-refractivity contribution in [1.82, 2.24) is 10.3 Å². The van der Waals surface area contributed by atoms with E-state index in [1.807, 2.05) is 13.8 Å². The number of aryl methyl sites for hydroxylation is 2. The van der Waals surface area contributed by atoms with Crippen molar-refractivity contribution in [3.63, 3.8) is 0 Å². The number of hydrogen-bond donors (Lipinski definition) is 0. The van der Waals surface area contributed by atoms with Gasteiger partial charge in [0.1, 0.15) is 11.5 Å². The Morgan fingerprint density at radius 3 is 1.23 bits per heavy atom. The summed E-state index contributed by atoms with van der Waals surface area (Å²) in [4.78, 5) is 34.4. The lowest BCUT2D eigenvalue weighted by Gasteiger charge is -2.27. The van der Waals surface area contributed by atoms with Gasteiger partial charge in [0.2, 0.25) is 0 Å². The molecule has 26 heavy (non-hydrogen) atoms. The lowest BCUT2D eigenvalue weighted by Crippen LogP contribution is -2.50. The predicted molar refractivity (Wildman–Crippen MR) is 92.1 cm³/mol. The van der Waals surface area contributed by atoms with Crippen LogP contribution in [0.2, 0.25) is 0 Å². The molecule has 0 spiro atoms. The number of hydrazine groups is 1.